The zero-order valence-electron chi connectivity index (χ0n) is 18.1. The van der Waals surface area contributed by atoms with E-state index in [9.17, 15) is 14.0 Å². The van der Waals surface area contributed by atoms with Crippen LogP contribution in [0.2, 0.25) is 0 Å². The molecule has 0 bridgehead atoms. The predicted octanol–water partition coefficient (Wildman–Crippen LogP) is 3.70. The largest absolute Gasteiger partial charge is 0.497 e. The van der Waals surface area contributed by atoms with Crippen LogP contribution in [0.4, 0.5) is 4.39 Å². The number of hydrogen-bond acceptors (Lipinski definition) is 3. The van der Waals surface area contributed by atoms with Gasteiger partial charge in [-0.15, -0.1) is 0 Å². The van der Waals surface area contributed by atoms with Crippen LogP contribution in [0.15, 0.2) is 48.7 Å². The van der Waals surface area contributed by atoms with E-state index in [1.807, 2.05) is 60.8 Å². The molecule has 1 aliphatic heterocycles. The van der Waals surface area contributed by atoms with Gasteiger partial charge in [0.05, 0.1) is 12.7 Å². The van der Waals surface area contributed by atoms with E-state index in [0.717, 1.165) is 10.9 Å². The van der Waals surface area contributed by atoms with Crippen molar-refractivity contribution in [3.05, 3.63) is 65.6 Å². The van der Waals surface area contributed by atoms with E-state index in [2.05, 4.69) is 0 Å². The van der Waals surface area contributed by atoms with Gasteiger partial charge in [-0.2, -0.15) is 0 Å². The quantitative estimate of drug-likeness (QED) is 0.646. The first kappa shape index (κ1) is 20.9. The molecule has 0 unspecified atom stereocenters. The molecule has 0 N–H and O–H groups in total. The summed E-state index contributed by atoms with van der Waals surface area (Å²) in [4.78, 5) is 29.7. The second-order valence-electron chi connectivity index (χ2n) is 8.17. The number of aryl methyl sites for hydroxylation is 1. The molecule has 1 aliphatic rings. The maximum absolute atomic E-state index is 14.4. The zero-order valence-corrected chi connectivity index (χ0v) is 18.1. The number of carbonyl (C=O) groups is 2. The molecule has 2 amide bonds. The monoisotopic (exact) mass is 423 g/mol. The number of fused-ring (bicyclic) bond motifs is 1. The molecule has 0 radical (unpaired) electrons. The molecule has 31 heavy (non-hydrogen) atoms. The number of ether oxygens (including phenoxy) is 1. The SMILES string of the molecule is COc1ccc(C(=O)N2C[C@@H](C)N(C(=O)c3ccc4ccn(C)c4c3)[C@H](C)C2)c(F)c1. The lowest BCUT2D eigenvalue weighted by molar-refractivity contribution is 0.0252. The van der Waals surface area contributed by atoms with Crippen molar-refractivity contribution >= 4 is 22.7 Å². The molecule has 1 fully saturated rings. The van der Waals surface area contributed by atoms with Crippen LogP contribution in [0.25, 0.3) is 10.9 Å². The first-order chi connectivity index (χ1) is 14.8. The van der Waals surface area contributed by atoms with E-state index in [-0.39, 0.29) is 29.5 Å². The Labute approximate surface area is 180 Å². The summed E-state index contributed by atoms with van der Waals surface area (Å²) in [6.45, 7) is 4.51. The first-order valence-electron chi connectivity index (χ1n) is 10.3. The number of aromatic nitrogens is 1. The summed E-state index contributed by atoms with van der Waals surface area (Å²) in [6.07, 6.45) is 1.97. The first-order valence-corrected chi connectivity index (χ1v) is 10.3. The fourth-order valence-corrected chi connectivity index (χ4v) is 4.40. The minimum atomic E-state index is -0.612. The van der Waals surface area contributed by atoms with Crippen molar-refractivity contribution in [1.29, 1.82) is 0 Å². The number of piperazine rings is 1. The third-order valence-electron chi connectivity index (χ3n) is 5.98. The molecule has 2 atom stereocenters. The topological polar surface area (TPSA) is 54.8 Å². The van der Waals surface area contributed by atoms with Gasteiger partial charge < -0.3 is 19.1 Å². The Bertz CT molecular complexity index is 1140. The van der Waals surface area contributed by atoms with Gasteiger partial charge in [-0.1, -0.05) is 6.07 Å². The second kappa shape index (κ2) is 8.06. The van der Waals surface area contributed by atoms with Gasteiger partial charge in [-0.25, -0.2) is 4.39 Å². The van der Waals surface area contributed by atoms with Crippen molar-refractivity contribution in [1.82, 2.24) is 14.4 Å². The van der Waals surface area contributed by atoms with Crippen molar-refractivity contribution in [2.45, 2.75) is 25.9 Å². The third kappa shape index (κ3) is 3.76. The van der Waals surface area contributed by atoms with E-state index in [0.29, 0.717) is 24.4 Å². The van der Waals surface area contributed by atoms with Crippen LogP contribution >= 0.6 is 0 Å². The summed E-state index contributed by atoms with van der Waals surface area (Å²) in [5.74, 6) is -0.692. The summed E-state index contributed by atoms with van der Waals surface area (Å²) in [7, 11) is 3.40. The number of hydrogen-bond donors (Lipinski definition) is 0. The second-order valence-corrected chi connectivity index (χ2v) is 8.17. The summed E-state index contributed by atoms with van der Waals surface area (Å²) in [5.41, 5.74) is 1.62. The van der Waals surface area contributed by atoms with Gasteiger partial charge in [0.1, 0.15) is 11.6 Å². The van der Waals surface area contributed by atoms with Crippen LogP contribution in [-0.2, 0) is 7.05 Å². The summed E-state index contributed by atoms with van der Waals surface area (Å²) in [6, 6.07) is 11.5. The van der Waals surface area contributed by atoms with Crippen LogP contribution in [0.3, 0.4) is 0 Å². The van der Waals surface area contributed by atoms with Crippen LogP contribution in [0.1, 0.15) is 34.6 Å². The van der Waals surface area contributed by atoms with Gasteiger partial charge in [-0.05, 0) is 49.6 Å². The molecule has 7 heteroatoms. The number of amides is 2. The van der Waals surface area contributed by atoms with E-state index in [1.165, 1.54) is 19.2 Å². The molecular formula is C24H26FN3O3. The molecule has 0 saturated carbocycles. The van der Waals surface area contributed by atoms with Crippen LogP contribution in [0.5, 0.6) is 5.75 Å². The van der Waals surface area contributed by atoms with E-state index < -0.39 is 5.82 Å². The lowest BCUT2D eigenvalue weighted by Gasteiger charge is -2.44. The number of halogens is 1. The van der Waals surface area contributed by atoms with E-state index in [1.54, 1.807) is 11.0 Å². The molecule has 2 heterocycles. The minimum absolute atomic E-state index is 0.00846. The van der Waals surface area contributed by atoms with Crippen molar-refractivity contribution in [2.75, 3.05) is 20.2 Å². The summed E-state index contributed by atoms with van der Waals surface area (Å²) >= 11 is 0. The van der Waals surface area contributed by atoms with Gasteiger partial charge >= 0.3 is 0 Å². The normalized spacial score (nSPS) is 19.0. The summed E-state index contributed by atoms with van der Waals surface area (Å²) < 4.78 is 21.4. The molecule has 4 rings (SSSR count). The Hall–Kier alpha value is -3.35. The van der Waals surface area contributed by atoms with E-state index >= 15 is 0 Å². The van der Waals surface area contributed by atoms with Gasteiger partial charge in [0.25, 0.3) is 11.8 Å². The maximum atomic E-state index is 14.4. The predicted molar refractivity (Wildman–Crippen MR) is 117 cm³/mol. The molecule has 3 aromatic rings. The van der Waals surface area contributed by atoms with Crippen molar-refractivity contribution in [2.24, 2.45) is 7.05 Å². The average molecular weight is 423 g/mol. The fourth-order valence-electron chi connectivity index (χ4n) is 4.40. The average Bonchev–Trinajstić information content (AvgIpc) is 3.12. The van der Waals surface area contributed by atoms with Crippen molar-refractivity contribution in [3.8, 4) is 5.75 Å². The smallest absolute Gasteiger partial charge is 0.256 e. The number of methoxy groups -OCH3 is 1. The Balaban J connectivity index is 1.54. The molecule has 1 saturated heterocycles. The molecule has 2 aromatic carbocycles. The molecule has 6 nitrogen and oxygen atoms in total. The minimum Gasteiger partial charge on any atom is -0.497 e. The summed E-state index contributed by atoms with van der Waals surface area (Å²) in [5, 5.41) is 1.08. The van der Waals surface area contributed by atoms with Crippen molar-refractivity contribution < 1.29 is 18.7 Å². The highest BCUT2D eigenvalue weighted by atomic mass is 19.1. The number of carbonyl (C=O) groups excluding carboxylic acids is 2. The highest BCUT2D eigenvalue weighted by Crippen LogP contribution is 2.24. The number of rotatable bonds is 3. The van der Waals surface area contributed by atoms with E-state index in [4.69, 9.17) is 4.74 Å². The Morgan fingerprint density at radius 2 is 1.71 bits per heavy atom. The Kier molecular flexibility index (Phi) is 5.43. The highest BCUT2D eigenvalue weighted by Gasteiger charge is 2.36. The third-order valence-corrected chi connectivity index (χ3v) is 5.98. The standard InChI is InChI=1S/C24H26FN3O3/c1-15-13-27(24(30)20-8-7-19(31-4)12-21(20)25)14-16(2)28(15)23(29)18-6-5-17-9-10-26(3)22(17)11-18/h5-12,15-16H,13-14H2,1-4H3/t15-,16-/m1/s1. The van der Waals surface area contributed by atoms with Crippen LogP contribution in [0, 0.1) is 5.82 Å². The zero-order chi connectivity index (χ0) is 22.3. The highest BCUT2D eigenvalue weighted by molar-refractivity contribution is 5.99. The Morgan fingerprint density at radius 1 is 1.00 bits per heavy atom. The van der Waals surface area contributed by atoms with Gasteiger partial charge in [0.15, 0.2) is 0 Å². The lowest BCUT2D eigenvalue weighted by Crippen LogP contribution is -2.59. The molecule has 1 aromatic heterocycles. The van der Waals surface area contributed by atoms with Gasteiger partial charge in [0, 0.05) is 55.6 Å². The van der Waals surface area contributed by atoms with Crippen molar-refractivity contribution in [3.63, 3.8) is 0 Å². The van der Waals surface area contributed by atoms with Crippen LogP contribution < -0.4 is 4.74 Å². The number of nitrogens with zero attached hydrogens (tertiary/aromatic N) is 3. The molecule has 0 spiro atoms. The van der Waals surface area contributed by atoms with Crippen LogP contribution in [-0.4, -0.2) is 58.5 Å². The Morgan fingerprint density at radius 3 is 2.35 bits per heavy atom. The number of benzene rings is 2. The van der Waals surface area contributed by atoms with Gasteiger partial charge in [-0.3, -0.25) is 9.59 Å². The lowest BCUT2D eigenvalue weighted by atomic mass is 10.0. The van der Waals surface area contributed by atoms with Gasteiger partial charge in [0.2, 0.25) is 0 Å². The molecule has 162 valence electrons. The molecule has 0 aliphatic carbocycles. The fraction of sp³-hybridized carbons (Fsp3) is 0.333. The molecular weight excluding hydrogens is 397 g/mol. The maximum Gasteiger partial charge on any atom is 0.256 e.